The van der Waals surface area contributed by atoms with Crippen LogP contribution in [0.5, 0.6) is 0 Å². The molecule has 1 aromatic heterocycles. The Bertz CT molecular complexity index is 1450. The van der Waals surface area contributed by atoms with Gasteiger partial charge in [0.1, 0.15) is 5.69 Å². The van der Waals surface area contributed by atoms with Gasteiger partial charge in [-0.25, -0.2) is 13.1 Å². The summed E-state index contributed by atoms with van der Waals surface area (Å²) in [5, 5.41) is 6.73. The fraction of sp³-hybridized carbons (Fsp3) is 0.120. The van der Waals surface area contributed by atoms with Gasteiger partial charge in [0.2, 0.25) is 16.2 Å². The fourth-order valence-electron chi connectivity index (χ4n) is 3.75. The lowest BCUT2D eigenvalue weighted by atomic mass is 10.1. The van der Waals surface area contributed by atoms with Crippen LogP contribution in [-0.2, 0) is 14.6 Å². The largest absolute Gasteiger partial charge is 0.337 e. The summed E-state index contributed by atoms with van der Waals surface area (Å²) in [5.74, 6) is 0. The van der Waals surface area contributed by atoms with Crippen LogP contribution in [0.4, 0.5) is 0 Å². The van der Waals surface area contributed by atoms with Crippen LogP contribution in [0.15, 0.2) is 77.7 Å². The molecular formula is C25H21Cl2N3O3S. The summed E-state index contributed by atoms with van der Waals surface area (Å²) in [4.78, 5) is 11.6. The standard InChI is InChI=1S/C25H21Cl2N3O3S/c1-16-7-13-20(14-8-16)34(32,33)25(28-15-31)23-17(2)24(18-9-11-19(26)12-10-18)30(29-23)22-6-4-3-5-21(22)27/h3-15,25H,1-2H3,(H,28,31). The van der Waals surface area contributed by atoms with Gasteiger partial charge in [-0.05, 0) is 50.2 Å². The highest BCUT2D eigenvalue weighted by atomic mass is 35.5. The van der Waals surface area contributed by atoms with Crippen LogP contribution in [0.2, 0.25) is 10.0 Å². The first-order valence-corrected chi connectivity index (χ1v) is 12.6. The molecule has 0 bridgehead atoms. The van der Waals surface area contributed by atoms with Crippen molar-refractivity contribution in [2.24, 2.45) is 0 Å². The van der Waals surface area contributed by atoms with Gasteiger partial charge in [-0.2, -0.15) is 5.10 Å². The van der Waals surface area contributed by atoms with Crippen molar-refractivity contribution in [2.75, 3.05) is 0 Å². The van der Waals surface area contributed by atoms with Crippen molar-refractivity contribution in [1.29, 1.82) is 0 Å². The fourth-order valence-corrected chi connectivity index (χ4v) is 5.63. The molecule has 4 rings (SSSR count). The van der Waals surface area contributed by atoms with E-state index in [0.29, 0.717) is 33.4 Å². The topological polar surface area (TPSA) is 81.1 Å². The number of hydrogen-bond donors (Lipinski definition) is 1. The monoisotopic (exact) mass is 513 g/mol. The van der Waals surface area contributed by atoms with Crippen LogP contribution in [0.3, 0.4) is 0 Å². The third-order valence-corrected chi connectivity index (χ3v) is 7.97. The number of aryl methyl sites for hydroxylation is 1. The zero-order chi connectivity index (χ0) is 24.5. The second kappa shape index (κ2) is 9.62. The van der Waals surface area contributed by atoms with Crippen LogP contribution >= 0.6 is 23.2 Å². The Balaban J connectivity index is 1.97. The molecule has 0 aliphatic heterocycles. The SMILES string of the molecule is Cc1ccc(S(=O)(=O)C(NC=O)c2nn(-c3ccccc3Cl)c(-c3ccc(Cl)cc3)c2C)cc1. The number of carbonyl (C=O) groups excluding carboxylic acids is 1. The molecule has 3 aromatic carbocycles. The molecule has 1 amide bonds. The van der Waals surface area contributed by atoms with Gasteiger partial charge in [-0.3, -0.25) is 4.79 Å². The van der Waals surface area contributed by atoms with Crippen LogP contribution < -0.4 is 5.32 Å². The third kappa shape index (κ3) is 4.46. The van der Waals surface area contributed by atoms with E-state index >= 15 is 0 Å². The first-order chi connectivity index (χ1) is 16.2. The lowest BCUT2D eigenvalue weighted by molar-refractivity contribution is -0.109. The number of benzene rings is 3. The minimum Gasteiger partial charge on any atom is -0.337 e. The number of hydrogen-bond acceptors (Lipinski definition) is 4. The van der Waals surface area contributed by atoms with E-state index < -0.39 is 15.2 Å². The minimum absolute atomic E-state index is 0.0807. The van der Waals surface area contributed by atoms with E-state index in [-0.39, 0.29) is 10.6 Å². The average Bonchev–Trinajstić information content (AvgIpc) is 3.15. The third-order valence-electron chi connectivity index (χ3n) is 5.48. The molecule has 0 fully saturated rings. The maximum absolute atomic E-state index is 13.6. The summed E-state index contributed by atoms with van der Waals surface area (Å²) in [6.45, 7) is 3.63. The predicted octanol–water partition coefficient (Wildman–Crippen LogP) is 5.68. The lowest BCUT2D eigenvalue weighted by Gasteiger charge is -2.16. The number of halogens is 2. The average molecular weight is 514 g/mol. The molecule has 1 heterocycles. The zero-order valence-electron chi connectivity index (χ0n) is 18.4. The quantitative estimate of drug-likeness (QED) is 0.322. The maximum Gasteiger partial charge on any atom is 0.208 e. The number of para-hydroxylation sites is 1. The van der Waals surface area contributed by atoms with Gasteiger partial charge in [0.05, 0.1) is 21.3 Å². The maximum atomic E-state index is 13.6. The smallest absolute Gasteiger partial charge is 0.208 e. The van der Waals surface area contributed by atoms with Gasteiger partial charge < -0.3 is 5.32 Å². The summed E-state index contributed by atoms with van der Waals surface area (Å²) in [6.07, 6.45) is 0.367. The molecule has 1 unspecified atom stereocenters. The first kappa shape index (κ1) is 24.0. The van der Waals surface area contributed by atoms with Gasteiger partial charge in [0.15, 0.2) is 5.37 Å². The number of rotatable bonds is 7. The summed E-state index contributed by atoms with van der Waals surface area (Å²) >= 11 is 12.6. The second-order valence-electron chi connectivity index (χ2n) is 7.75. The summed E-state index contributed by atoms with van der Waals surface area (Å²) < 4.78 is 28.8. The van der Waals surface area contributed by atoms with Gasteiger partial charge >= 0.3 is 0 Å². The van der Waals surface area contributed by atoms with E-state index in [0.717, 1.165) is 11.1 Å². The molecule has 6 nitrogen and oxygen atoms in total. The molecule has 1 N–H and O–H groups in total. The highest BCUT2D eigenvalue weighted by molar-refractivity contribution is 7.91. The first-order valence-electron chi connectivity index (χ1n) is 10.3. The van der Waals surface area contributed by atoms with Crippen molar-refractivity contribution < 1.29 is 13.2 Å². The summed E-state index contributed by atoms with van der Waals surface area (Å²) in [5.41, 5.74) is 3.66. The molecule has 0 spiro atoms. The number of nitrogens with zero attached hydrogens (tertiary/aromatic N) is 2. The number of carbonyl (C=O) groups is 1. The van der Waals surface area contributed by atoms with Crippen molar-refractivity contribution >= 4 is 39.4 Å². The van der Waals surface area contributed by atoms with E-state index in [1.807, 2.05) is 25.1 Å². The molecule has 1 atom stereocenters. The van der Waals surface area contributed by atoms with E-state index in [1.165, 1.54) is 12.1 Å². The number of nitrogens with one attached hydrogen (secondary N) is 1. The highest BCUT2D eigenvalue weighted by Gasteiger charge is 2.34. The molecule has 0 aliphatic carbocycles. The van der Waals surface area contributed by atoms with Crippen LogP contribution in [-0.4, -0.2) is 24.6 Å². The zero-order valence-corrected chi connectivity index (χ0v) is 20.7. The van der Waals surface area contributed by atoms with Gasteiger partial charge in [-0.1, -0.05) is 65.2 Å². The van der Waals surface area contributed by atoms with Crippen LogP contribution in [0.25, 0.3) is 16.9 Å². The molecule has 4 aromatic rings. The number of aromatic nitrogens is 2. The molecule has 0 aliphatic rings. The van der Waals surface area contributed by atoms with E-state index in [4.69, 9.17) is 23.2 Å². The Kier molecular flexibility index (Phi) is 6.79. The van der Waals surface area contributed by atoms with E-state index in [9.17, 15) is 13.2 Å². The Morgan fingerprint density at radius 2 is 1.59 bits per heavy atom. The number of sulfone groups is 1. The Morgan fingerprint density at radius 3 is 2.21 bits per heavy atom. The van der Waals surface area contributed by atoms with Crippen molar-refractivity contribution in [1.82, 2.24) is 15.1 Å². The molecule has 0 saturated heterocycles. The van der Waals surface area contributed by atoms with Crippen molar-refractivity contribution in [2.45, 2.75) is 24.1 Å². The molecule has 0 radical (unpaired) electrons. The Hall–Kier alpha value is -3.13. The summed E-state index contributed by atoms with van der Waals surface area (Å²) in [7, 11) is -4.01. The second-order valence-corrected chi connectivity index (χ2v) is 10.6. The summed E-state index contributed by atoms with van der Waals surface area (Å²) in [6, 6.07) is 20.7. The number of amides is 1. The molecule has 0 saturated carbocycles. The Labute approximate surface area is 208 Å². The molecular weight excluding hydrogens is 493 g/mol. The Morgan fingerprint density at radius 1 is 0.941 bits per heavy atom. The van der Waals surface area contributed by atoms with Crippen molar-refractivity contribution in [3.05, 3.63) is 99.7 Å². The van der Waals surface area contributed by atoms with Crippen LogP contribution in [0, 0.1) is 13.8 Å². The predicted molar refractivity (Wildman–Crippen MR) is 134 cm³/mol. The highest BCUT2D eigenvalue weighted by Crippen LogP contribution is 2.36. The van der Waals surface area contributed by atoms with Crippen molar-refractivity contribution in [3.63, 3.8) is 0 Å². The van der Waals surface area contributed by atoms with E-state index in [1.54, 1.807) is 54.1 Å². The molecule has 174 valence electrons. The normalized spacial score (nSPS) is 12.4. The van der Waals surface area contributed by atoms with Gasteiger partial charge in [0, 0.05) is 16.1 Å². The molecule has 34 heavy (non-hydrogen) atoms. The van der Waals surface area contributed by atoms with Gasteiger partial charge in [-0.15, -0.1) is 0 Å². The van der Waals surface area contributed by atoms with Gasteiger partial charge in [0.25, 0.3) is 0 Å². The van der Waals surface area contributed by atoms with Crippen LogP contribution in [0.1, 0.15) is 22.2 Å². The molecule has 9 heteroatoms. The van der Waals surface area contributed by atoms with E-state index in [2.05, 4.69) is 10.4 Å². The lowest BCUT2D eigenvalue weighted by Crippen LogP contribution is -2.29. The van der Waals surface area contributed by atoms with Crippen molar-refractivity contribution in [3.8, 4) is 16.9 Å². The minimum atomic E-state index is -4.01.